The highest BCUT2D eigenvalue weighted by Crippen LogP contribution is 2.47. The molecular weight excluding hydrogens is 770 g/mol. The number of rotatable bonds is 24. The summed E-state index contributed by atoms with van der Waals surface area (Å²) in [6, 6.07) is 12.2. The lowest BCUT2D eigenvalue weighted by Gasteiger charge is -2.32. The van der Waals surface area contributed by atoms with Crippen molar-refractivity contribution in [2.75, 3.05) is 22.9 Å². The number of fused-ring (bicyclic) bond motifs is 2. The lowest BCUT2D eigenvalue weighted by Crippen LogP contribution is -2.41. The van der Waals surface area contributed by atoms with E-state index in [1.165, 1.54) is 89.9 Å². The van der Waals surface area contributed by atoms with Crippen molar-refractivity contribution < 1.29 is 28.2 Å². The molecule has 4 aliphatic heterocycles. The van der Waals surface area contributed by atoms with E-state index in [0.717, 1.165) is 72.0 Å². The van der Waals surface area contributed by atoms with E-state index in [4.69, 9.17) is 18.6 Å². The van der Waals surface area contributed by atoms with Gasteiger partial charge < -0.3 is 28.4 Å². The minimum Gasteiger partial charge on any atom is -0.399 e. The highest BCUT2D eigenvalue weighted by Gasteiger charge is 2.54. The Kier molecular flexibility index (Phi) is 16.4. The van der Waals surface area contributed by atoms with Crippen LogP contribution in [0.5, 0.6) is 0 Å². The highest BCUT2D eigenvalue weighted by atomic mass is 16.7. The van der Waals surface area contributed by atoms with Crippen molar-refractivity contribution in [1.29, 1.82) is 0 Å². The number of anilines is 2. The van der Waals surface area contributed by atoms with Crippen LogP contribution in [0.25, 0.3) is 11.1 Å². The second-order valence-electron chi connectivity index (χ2n) is 20.8. The molecule has 0 saturated carbocycles. The van der Waals surface area contributed by atoms with E-state index in [9.17, 15) is 9.59 Å². The lowest BCUT2D eigenvalue weighted by atomic mass is 9.77. The normalized spacial score (nSPS) is 20.9. The molecule has 8 nitrogen and oxygen atoms in total. The molecule has 4 aliphatic rings. The van der Waals surface area contributed by atoms with Crippen molar-refractivity contribution in [1.82, 2.24) is 0 Å². The zero-order valence-corrected chi connectivity index (χ0v) is 40.5. The maximum atomic E-state index is 15.0. The van der Waals surface area contributed by atoms with E-state index < -0.39 is 36.6 Å². The summed E-state index contributed by atoms with van der Waals surface area (Å²) >= 11 is 0. The van der Waals surface area contributed by atoms with Gasteiger partial charge in [0.2, 0.25) is 0 Å². The Balaban J connectivity index is 1.28. The molecule has 6 rings (SSSR count). The molecule has 0 aliphatic carbocycles. The van der Waals surface area contributed by atoms with Crippen molar-refractivity contribution in [2.24, 2.45) is 0 Å². The first-order chi connectivity index (χ1) is 29.5. The van der Waals surface area contributed by atoms with Gasteiger partial charge in [-0.2, -0.15) is 0 Å². The Bertz CT molecular complexity index is 1720. The van der Waals surface area contributed by atoms with Crippen LogP contribution in [0.15, 0.2) is 36.4 Å². The minimum absolute atomic E-state index is 0.105. The third-order valence-corrected chi connectivity index (χ3v) is 14.9. The van der Waals surface area contributed by atoms with Gasteiger partial charge in [0.1, 0.15) is 0 Å². The summed E-state index contributed by atoms with van der Waals surface area (Å²) in [6.07, 6.45) is 24.4. The average Bonchev–Trinajstić information content (AvgIpc) is 3.81. The second-order valence-corrected chi connectivity index (χ2v) is 20.8. The standard InChI is InChI=1S/C52H80B2N2O6/c1-11-13-15-17-19-21-23-25-27-29-35-55-43-37-39(53-59-49(3,4)50(5,6)60-53)31-33-41(43)45(47(55)57)46-42-34-32-40(54-61-51(7,8)52(9,10)62-54)38-44(42)56(48(46)58)36-30-28-26-24-22-20-18-16-14-12-2/h31-34,37-38H,11-30,35-36H2,1-10H3/b46-45-. The number of benzene rings is 2. The second kappa shape index (κ2) is 20.9. The largest absolute Gasteiger partial charge is 0.494 e. The molecule has 4 heterocycles. The number of amides is 2. The molecule has 2 aromatic carbocycles. The quantitative estimate of drug-likeness (QED) is 0.0595. The first-order valence-electron chi connectivity index (χ1n) is 24.9. The van der Waals surface area contributed by atoms with Crippen LogP contribution in [0, 0.1) is 0 Å². The van der Waals surface area contributed by atoms with Crippen molar-refractivity contribution in [2.45, 2.75) is 220 Å². The molecule has 0 spiro atoms. The van der Waals surface area contributed by atoms with Gasteiger partial charge in [-0.25, -0.2) is 0 Å². The summed E-state index contributed by atoms with van der Waals surface area (Å²) in [4.78, 5) is 33.8. The van der Waals surface area contributed by atoms with E-state index in [-0.39, 0.29) is 11.8 Å². The molecule has 2 fully saturated rings. The van der Waals surface area contributed by atoms with Crippen molar-refractivity contribution in [3.8, 4) is 0 Å². The number of hydrogen-bond acceptors (Lipinski definition) is 6. The van der Waals surface area contributed by atoms with Gasteiger partial charge in [0.05, 0.1) is 44.9 Å². The number of nitrogens with zero attached hydrogens (tertiary/aromatic N) is 2. The maximum Gasteiger partial charge on any atom is 0.494 e. The van der Waals surface area contributed by atoms with Crippen LogP contribution in [-0.4, -0.2) is 61.5 Å². The molecule has 0 atom stereocenters. The molecule has 340 valence electrons. The van der Waals surface area contributed by atoms with Crippen LogP contribution in [-0.2, 0) is 28.2 Å². The molecule has 0 N–H and O–H groups in total. The zero-order chi connectivity index (χ0) is 44.7. The zero-order valence-electron chi connectivity index (χ0n) is 40.5. The molecule has 0 radical (unpaired) electrons. The molecule has 10 heteroatoms. The van der Waals surface area contributed by atoms with Gasteiger partial charge in [-0.05, 0) is 91.3 Å². The molecule has 62 heavy (non-hydrogen) atoms. The predicted octanol–water partition coefficient (Wildman–Crippen LogP) is 11.7. The van der Waals surface area contributed by atoms with Gasteiger partial charge in [0, 0.05) is 24.2 Å². The summed E-state index contributed by atoms with van der Waals surface area (Å²) in [6.45, 7) is 22.2. The first-order valence-corrected chi connectivity index (χ1v) is 24.9. The van der Waals surface area contributed by atoms with Gasteiger partial charge in [0.25, 0.3) is 11.8 Å². The third kappa shape index (κ3) is 10.8. The topological polar surface area (TPSA) is 77.5 Å². The fourth-order valence-electron chi connectivity index (χ4n) is 9.38. The summed E-state index contributed by atoms with van der Waals surface area (Å²) in [5.74, 6) is -0.209. The Morgan fingerprint density at radius 2 is 0.694 bits per heavy atom. The van der Waals surface area contributed by atoms with Crippen LogP contribution in [0.1, 0.15) is 209 Å². The fourth-order valence-corrected chi connectivity index (χ4v) is 9.38. The molecule has 2 amide bonds. The lowest BCUT2D eigenvalue weighted by molar-refractivity contribution is -0.114. The van der Waals surface area contributed by atoms with E-state index in [2.05, 4.69) is 81.4 Å². The molecule has 2 saturated heterocycles. The van der Waals surface area contributed by atoms with Crippen LogP contribution < -0.4 is 20.7 Å². The number of hydrogen-bond donors (Lipinski definition) is 0. The van der Waals surface area contributed by atoms with Crippen LogP contribution >= 0.6 is 0 Å². The molecular formula is C52H80B2N2O6. The van der Waals surface area contributed by atoms with Gasteiger partial charge in [-0.15, -0.1) is 0 Å². The van der Waals surface area contributed by atoms with E-state index in [0.29, 0.717) is 24.2 Å². The monoisotopic (exact) mass is 851 g/mol. The number of carbonyl (C=O) groups excluding carboxylic acids is 2. The highest BCUT2D eigenvalue weighted by molar-refractivity contribution is 6.63. The summed E-state index contributed by atoms with van der Waals surface area (Å²) in [5, 5.41) is 0. The number of carbonyl (C=O) groups is 2. The van der Waals surface area contributed by atoms with E-state index in [1.54, 1.807) is 0 Å². The van der Waals surface area contributed by atoms with Crippen molar-refractivity contribution in [3.05, 3.63) is 47.5 Å². The van der Waals surface area contributed by atoms with E-state index in [1.807, 2.05) is 34.1 Å². The van der Waals surface area contributed by atoms with Crippen LogP contribution in [0.3, 0.4) is 0 Å². The smallest absolute Gasteiger partial charge is 0.399 e. The molecule has 2 aromatic rings. The van der Waals surface area contributed by atoms with Crippen LogP contribution in [0.4, 0.5) is 11.4 Å². The Morgan fingerprint density at radius 1 is 0.419 bits per heavy atom. The number of unbranched alkanes of at least 4 members (excludes halogenated alkanes) is 18. The molecule has 0 unspecified atom stereocenters. The minimum atomic E-state index is -0.560. The Hall–Kier alpha value is -2.91. The van der Waals surface area contributed by atoms with Gasteiger partial charge in [-0.1, -0.05) is 154 Å². The fraction of sp³-hybridized carbons (Fsp3) is 0.692. The average molecular weight is 851 g/mol. The SMILES string of the molecule is CCCCCCCCCCCCN1C(=O)/C(=C2\C(=O)N(CCCCCCCCCCCC)c3cc(B4OC(C)(C)C(C)(C)O4)ccc32)c2ccc(B3OC(C)(C)C(C)(C)O3)cc21. The summed E-state index contributed by atoms with van der Waals surface area (Å²) < 4.78 is 26.0. The van der Waals surface area contributed by atoms with Gasteiger partial charge in [0.15, 0.2) is 0 Å². The predicted molar refractivity (Wildman–Crippen MR) is 260 cm³/mol. The summed E-state index contributed by atoms with van der Waals surface area (Å²) in [7, 11) is -1.12. The Morgan fingerprint density at radius 3 is 0.984 bits per heavy atom. The van der Waals surface area contributed by atoms with Crippen molar-refractivity contribution in [3.63, 3.8) is 0 Å². The summed E-state index contributed by atoms with van der Waals surface area (Å²) in [5.41, 5.74) is 4.02. The Labute approximate surface area is 376 Å². The van der Waals surface area contributed by atoms with E-state index >= 15 is 0 Å². The maximum absolute atomic E-state index is 15.0. The van der Waals surface area contributed by atoms with Gasteiger partial charge in [-0.3, -0.25) is 9.59 Å². The first kappa shape index (κ1) is 48.5. The molecule has 0 bridgehead atoms. The third-order valence-electron chi connectivity index (χ3n) is 14.9. The molecule has 0 aromatic heterocycles. The van der Waals surface area contributed by atoms with Gasteiger partial charge >= 0.3 is 14.2 Å². The van der Waals surface area contributed by atoms with Crippen molar-refractivity contribution >= 4 is 59.5 Å². The van der Waals surface area contributed by atoms with Crippen LogP contribution in [0.2, 0.25) is 0 Å².